The van der Waals surface area contributed by atoms with E-state index in [2.05, 4.69) is 5.32 Å². The third-order valence-electron chi connectivity index (χ3n) is 0.612. The summed E-state index contributed by atoms with van der Waals surface area (Å²) in [4.78, 5) is 16.6. The van der Waals surface area contributed by atoms with Gasteiger partial charge in [-0.25, -0.2) is 4.57 Å². The van der Waals surface area contributed by atoms with Crippen molar-refractivity contribution in [3.8, 4) is 0 Å². The highest BCUT2D eigenvalue weighted by molar-refractivity contribution is 8.54. The molecule has 0 amide bonds. The second-order valence-electron chi connectivity index (χ2n) is 1.43. The molecule has 0 spiro atoms. The fourth-order valence-electron chi connectivity index (χ4n) is 0.267. The van der Waals surface area contributed by atoms with Crippen molar-refractivity contribution in [1.82, 2.24) is 5.32 Å². The van der Waals surface area contributed by atoms with Gasteiger partial charge in [0, 0.05) is 12.3 Å². The van der Waals surface area contributed by atoms with Crippen molar-refractivity contribution in [3.05, 3.63) is 0 Å². The summed E-state index contributed by atoms with van der Waals surface area (Å²) in [6, 6.07) is 0. The van der Waals surface area contributed by atoms with E-state index in [1.807, 2.05) is 0 Å². The first-order chi connectivity index (χ1) is 4.06. The Labute approximate surface area is 57.9 Å². The number of rotatable bonds is 4. The summed E-state index contributed by atoms with van der Waals surface area (Å²) in [6.07, 6.45) is 0. The molecule has 0 heterocycles. The molecule has 0 bridgehead atoms. The zero-order valence-corrected chi connectivity index (χ0v) is 6.78. The van der Waals surface area contributed by atoms with Crippen molar-refractivity contribution in [1.29, 1.82) is 0 Å². The van der Waals surface area contributed by atoms with Crippen molar-refractivity contribution < 1.29 is 14.4 Å². The Kier molecular flexibility index (Phi) is 4.52. The van der Waals surface area contributed by atoms with Crippen LogP contribution in [0.4, 0.5) is 0 Å². The second kappa shape index (κ2) is 4.30. The lowest BCUT2D eigenvalue weighted by atomic mass is 10.8. The van der Waals surface area contributed by atoms with E-state index in [9.17, 15) is 4.57 Å². The molecule has 0 aliphatic heterocycles. The van der Waals surface area contributed by atoms with E-state index in [-0.39, 0.29) is 0 Å². The SMILES string of the molecule is CNCCSP(=O)(O)O. The molecule has 0 radical (unpaired) electrons. The van der Waals surface area contributed by atoms with Crippen molar-refractivity contribution >= 4 is 18.2 Å². The monoisotopic (exact) mass is 171 g/mol. The summed E-state index contributed by atoms with van der Waals surface area (Å²) < 4.78 is 10.1. The number of hydrogen-bond donors (Lipinski definition) is 3. The van der Waals surface area contributed by atoms with Crippen LogP contribution >= 0.6 is 18.2 Å². The van der Waals surface area contributed by atoms with E-state index in [4.69, 9.17) is 9.79 Å². The van der Waals surface area contributed by atoms with Gasteiger partial charge in [0.1, 0.15) is 0 Å². The van der Waals surface area contributed by atoms with Gasteiger partial charge in [-0.15, -0.1) is 0 Å². The Morgan fingerprint density at radius 3 is 2.56 bits per heavy atom. The van der Waals surface area contributed by atoms with Crippen LogP contribution < -0.4 is 5.32 Å². The lowest BCUT2D eigenvalue weighted by molar-refractivity contribution is 0.397. The van der Waals surface area contributed by atoms with Gasteiger partial charge < -0.3 is 15.1 Å². The molecule has 6 heteroatoms. The third-order valence-corrected chi connectivity index (χ3v) is 2.89. The van der Waals surface area contributed by atoms with Crippen molar-refractivity contribution in [3.63, 3.8) is 0 Å². The highest BCUT2D eigenvalue weighted by Gasteiger charge is 2.11. The molecule has 0 atom stereocenters. The minimum absolute atomic E-state index is 0.445. The van der Waals surface area contributed by atoms with Gasteiger partial charge in [0.2, 0.25) is 0 Å². The van der Waals surface area contributed by atoms with Gasteiger partial charge in [-0.05, 0) is 18.4 Å². The molecule has 0 unspecified atom stereocenters. The quantitative estimate of drug-likeness (QED) is 0.411. The molecule has 0 rings (SSSR count). The third kappa shape index (κ3) is 8.46. The smallest absolute Gasteiger partial charge is 0.319 e. The molecule has 9 heavy (non-hydrogen) atoms. The molecule has 0 saturated carbocycles. The van der Waals surface area contributed by atoms with Crippen LogP contribution in [0.25, 0.3) is 0 Å². The minimum Gasteiger partial charge on any atom is -0.319 e. The molecule has 0 aromatic carbocycles. The topological polar surface area (TPSA) is 69.6 Å². The van der Waals surface area contributed by atoms with Gasteiger partial charge in [-0.1, -0.05) is 0 Å². The Morgan fingerprint density at radius 1 is 1.67 bits per heavy atom. The molecule has 0 saturated heterocycles. The molecule has 0 aliphatic carbocycles. The second-order valence-corrected chi connectivity index (χ2v) is 5.28. The fraction of sp³-hybridized carbons (Fsp3) is 1.00. The largest absolute Gasteiger partial charge is 0.384 e. The average molecular weight is 171 g/mol. The van der Waals surface area contributed by atoms with E-state index in [1.54, 1.807) is 7.05 Å². The predicted octanol–water partition coefficient (Wildman–Crippen LogP) is 0.0317. The van der Waals surface area contributed by atoms with Crippen LogP contribution in [0.15, 0.2) is 0 Å². The first-order valence-electron chi connectivity index (χ1n) is 2.41. The Balaban J connectivity index is 3.18. The summed E-state index contributed by atoms with van der Waals surface area (Å²) in [7, 11) is 1.74. The van der Waals surface area contributed by atoms with Gasteiger partial charge in [0.25, 0.3) is 0 Å². The van der Waals surface area contributed by atoms with E-state index in [0.29, 0.717) is 23.7 Å². The van der Waals surface area contributed by atoms with Gasteiger partial charge in [0.05, 0.1) is 0 Å². The van der Waals surface area contributed by atoms with Crippen LogP contribution in [-0.2, 0) is 4.57 Å². The van der Waals surface area contributed by atoms with Crippen molar-refractivity contribution in [2.24, 2.45) is 0 Å². The summed E-state index contributed by atoms with van der Waals surface area (Å²) in [5, 5.41) is 2.78. The average Bonchev–Trinajstić information content (AvgIpc) is 1.63. The van der Waals surface area contributed by atoms with Gasteiger partial charge >= 0.3 is 6.80 Å². The lowest BCUT2D eigenvalue weighted by Crippen LogP contribution is -2.09. The standard InChI is InChI=1S/C3H10NO3PS/c1-4-2-3-9-8(5,6)7/h4H,2-3H2,1H3,(H2,5,6,7). The summed E-state index contributed by atoms with van der Waals surface area (Å²) in [5.41, 5.74) is 0. The molecule has 0 fully saturated rings. The molecular weight excluding hydrogens is 161 g/mol. The normalized spacial score (nSPS) is 11.9. The van der Waals surface area contributed by atoms with Gasteiger partial charge in [-0.3, -0.25) is 0 Å². The first kappa shape index (κ1) is 9.46. The Morgan fingerprint density at radius 2 is 2.22 bits per heavy atom. The number of hydrogen-bond acceptors (Lipinski definition) is 3. The van der Waals surface area contributed by atoms with Gasteiger partial charge in [0.15, 0.2) is 0 Å². The predicted molar refractivity (Wildman–Crippen MR) is 38.4 cm³/mol. The van der Waals surface area contributed by atoms with Crippen molar-refractivity contribution in [2.45, 2.75) is 0 Å². The summed E-state index contributed by atoms with van der Waals surface area (Å²) >= 11 is 0.662. The summed E-state index contributed by atoms with van der Waals surface area (Å²) in [6.45, 7) is -3.20. The molecule has 0 aromatic heterocycles. The highest BCUT2D eigenvalue weighted by Crippen LogP contribution is 2.49. The summed E-state index contributed by atoms with van der Waals surface area (Å²) in [5.74, 6) is 0.445. The maximum atomic E-state index is 10.1. The van der Waals surface area contributed by atoms with Crippen LogP contribution in [0, 0.1) is 0 Å². The Hall–Kier alpha value is 0.460. The van der Waals surface area contributed by atoms with Crippen LogP contribution in [0.3, 0.4) is 0 Å². The molecule has 4 nitrogen and oxygen atoms in total. The fourth-order valence-corrected chi connectivity index (χ4v) is 1.79. The maximum Gasteiger partial charge on any atom is 0.384 e. The van der Waals surface area contributed by atoms with Crippen LogP contribution in [0.2, 0.25) is 0 Å². The minimum atomic E-state index is -3.82. The molecule has 0 aromatic rings. The zero-order chi connectivity index (χ0) is 7.33. The van der Waals surface area contributed by atoms with Crippen molar-refractivity contribution in [2.75, 3.05) is 19.3 Å². The molecule has 56 valence electrons. The lowest BCUT2D eigenvalue weighted by Gasteiger charge is -2.00. The molecule has 3 N–H and O–H groups in total. The first-order valence-corrected chi connectivity index (χ1v) is 5.61. The van der Waals surface area contributed by atoms with Crippen LogP contribution in [0.1, 0.15) is 0 Å². The molecule has 0 aliphatic rings. The Bertz CT molecular complexity index is 114. The van der Waals surface area contributed by atoms with E-state index < -0.39 is 6.80 Å². The maximum absolute atomic E-state index is 10.1. The zero-order valence-electron chi connectivity index (χ0n) is 5.07. The highest BCUT2D eigenvalue weighted by atomic mass is 32.7. The van der Waals surface area contributed by atoms with E-state index in [1.165, 1.54) is 0 Å². The number of nitrogens with one attached hydrogen (secondary N) is 1. The van der Waals surface area contributed by atoms with Crippen LogP contribution in [0.5, 0.6) is 0 Å². The van der Waals surface area contributed by atoms with E-state index in [0.717, 1.165) is 0 Å². The van der Waals surface area contributed by atoms with E-state index >= 15 is 0 Å². The van der Waals surface area contributed by atoms with Crippen LogP contribution in [-0.4, -0.2) is 29.1 Å². The molecular formula is C3H10NO3PS. The van der Waals surface area contributed by atoms with Gasteiger partial charge in [-0.2, -0.15) is 0 Å².